The van der Waals surface area contributed by atoms with Crippen molar-refractivity contribution in [3.63, 3.8) is 0 Å². The van der Waals surface area contributed by atoms with E-state index in [0.29, 0.717) is 27.8 Å². The Kier molecular flexibility index (Phi) is 5.57. The van der Waals surface area contributed by atoms with Gasteiger partial charge in [0.05, 0.1) is 23.5 Å². The number of aryl methyl sites for hydroxylation is 1. The molecular formula is C25H22F4N6O. The number of nitrogens with two attached hydrogens (primary N) is 1. The highest BCUT2D eigenvalue weighted by Gasteiger charge is 2.39. The number of hydrogen-bond acceptors (Lipinski definition) is 4. The quantitative estimate of drug-likeness (QED) is 0.383. The van der Waals surface area contributed by atoms with E-state index in [4.69, 9.17) is 5.73 Å². The molecule has 4 aromatic rings. The van der Waals surface area contributed by atoms with Crippen molar-refractivity contribution in [2.24, 2.45) is 7.05 Å². The van der Waals surface area contributed by atoms with Crippen LogP contribution in [0.5, 0.6) is 0 Å². The number of carbonyl (C=O) groups excluding carboxylic acids is 1. The van der Waals surface area contributed by atoms with Crippen LogP contribution in [-0.2, 0) is 13.2 Å². The van der Waals surface area contributed by atoms with Gasteiger partial charge in [0.15, 0.2) is 0 Å². The first kappa shape index (κ1) is 23.6. The Hall–Kier alpha value is -4.15. The summed E-state index contributed by atoms with van der Waals surface area (Å²) >= 11 is 0. The summed E-state index contributed by atoms with van der Waals surface area (Å²) in [5, 5.41) is 0.519. The second-order valence-corrected chi connectivity index (χ2v) is 8.59. The molecular weight excluding hydrogens is 476 g/mol. The van der Waals surface area contributed by atoms with Crippen molar-refractivity contribution < 1.29 is 22.4 Å². The lowest BCUT2D eigenvalue weighted by molar-refractivity contribution is -0.137. The Morgan fingerprint density at radius 1 is 1.11 bits per heavy atom. The highest BCUT2D eigenvalue weighted by Crippen LogP contribution is 2.39. The summed E-state index contributed by atoms with van der Waals surface area (Å²) < 4.78 is 56.9. The van der Waals surface area contributed by atoms with Crippen molar-refractivity contribution in [1.82, 2.24) is 19.4 Å². The number of urea groups is 1. The zero-order valence-electron chi connectivity index (χ0n) is 19.4. The SMILES string of the molecule is CCN1C(=O)N(c2ccc(-c3cn(C)c4ncnc(N)c34)c(F)c2)CC1c1cccc(C(F)(F)F)c1. The van der Waals surface area contributed by atoms with Crippen molar-refractivity contribution in [3.8, 4) is 11.1 Å². The number of alkyl halides is 3. The Bertz CT molecular complexity index is 1480. The second-order valence-electron chi connectivity index (χ2n) is 8.59. The van der Waals surface area contributed by atoms with Gasteiger partial charge < -0.3 is 15.2 Å². The lowest BCUT2D eigenvalue weighted by atomic mass is 10.0. The average Bonchev–Trinajstić information content (AvgIpc) is 3.36. The van der Waals surface area contributed by atoms with Crippen molar-refractivity contribution >= 4 is 28.6 Å². The van der Waals surface area contributed by atoms with Crippen LogP contribution in [0.4, 0.5) is 33.9 Å². The molecule has 1 aliphatic rings. The van der Waals surface area contributed by atoms with Crippen molar-refractivity contribution in [2.75, 3.05) is 23.7 Å². The summed E-state index contributed by atoms with van der Waals surface area (Å²) in [7, 11) is 1.76. The minimum Gasteiger partial charge on any atom is -0.383 e. The monoisotopic (exact) mass is 498 g/mol. The number of rotatable bonds is 4. The number of amides is 2. The number of likely N-dealkylation sites (N-methyl/N-ethyl adjacent to an activating group) is 1. The van der Waals surface area contributed by atoms with E-state index >= 15 is 4.39 Å². The molecule has 2 N–H and O–H groups in total. The molecule has 0 radical (unpaired) electrons. The molecule has 1 atom stereocenters. The molecule has 2 aromatic carbocycles. The number of hydrogen-bond donors (Lipinski definition) is 1. The Morgan fingerprint density at radius 3 is 2.58 bits per heavy atom. The molecule has 36 heavy (non-hydrogen) atoms. The smallest absolute Gasteiger partial charge is 0.383 e. The highest BCUT2D eigenvalue weighted by molar-refractivity contribution is 6.01. The maximum Gasteiger partial charge on any atom is 0.416 e. The molecule has 2 amide bonds. The van der Waals surface area contributed by atoms with Gasteiger partial charge in [-0.25, -0.2) is 19.2 Å². The first-order valence-electron chi connectivity index (χ1n) is 11.2. The zero-order chi connectivity index (χ0) is 25.8. The van der Waals surface area contributed by atoms with E-state index in [1.54, 1.807) is 42.9 Å². The standard InChI is InChI=1S/C25H22F4N6O/c1-3-34-20(14-5-4-6-15(9-14)25(27,28)29)12-35(24(34)36)16-7-8-17(19(26)10-16)18-11-33(2)23-21(18)22(30)31-13-32-23/h4-11,13,20H,3,12H2,1-2H3,(H2,30,31,32). The van der Waals surface area contributed by atoms with E-state index in [9.17, 15) is 18.0 Å². The predicted molar refractivity (Wildman–Crippen MR) is 128 cm³/mol. The molecule has 1 unspecified atom stereocenters. The Balaban J connectivity index is 1.50. The number of aromatic nitrogens is 3. The van der Waals surface area contributed by atoms with E-state index in [1.807, 2.05) is 0 Å². The summed E-state index contributed by atoms with van der Waals surface area (Å²) in [4.78, 5) is 24.2. The van der Waals surface area contributed by atoms with Gasteiger partial charge in [-0.1, -0.05) is 12.1 Å². The van der Waals surface area contributed by atoms with Crippen LogP contribution in [0.15, 0.2) is 55.0 Å². The highest BCUT2D eigenvalue weighted by atomic mass is 19.4. The predicted octanol–water partition coefficient (Wildman–Crippen LogP) is 5.38. The first-order chi connectivity index (χ1) is 17.1. The van der Waals surface area contributed by atoms with E-state index in [0.717, 1.165) is 12.1 Å². The zero-order valence-corrected chi connectivity index (χ0v) is 19.4. The average molecular weight is 498 g/mol. The van der Waals surface area contributed by atoms with Gasteiger partial charge in [0.25, 0.3) is 0 Å². The van der Waals surface area contributed by atoms with Crippen LogP contribution in [0.2, 0.25) is 0 Å². The molecule has 2 aromatic heterocycles. The third-order valence-corrected chi connectivity index (χ3v) is 6.49. The van der Waals surface area contributed by atoms with E-state index in [1.165, 1.54) is 28.3 Å². The van der Waals surface area contributed by atoms with E-state index < -0.39 is 29.6 Å². The molecule has 1 saturated heterocycles. The van der Waals surface area contributed by atoms with Gasteiger partial charge in [-0.3, -0.25) is 4.90 Å². The van der Waals surface area contributed by atoms with Crippen molar-refractivity contribution in [1.29, 1.82) is 0 Å². The van der Waals surface area contributed by atoms with Gasteiger partial charge in [0, 0.05) is 36.6 Å². The first-order valence-corrected chi connectivity index (χ1v) is 11.2. The Labute approximate surface area is 203 Å². The van der Waals surface area contributed by atoms with Gasteiger partial charge in [0.1, 0.15) is 23.6 Å². The van der Waals surface area contributed by atoms with Crippen molar-refractivity contribution in [3.05, 3.63) is 71.9 Å². The Morgan fingerprint density at radius 2 is 1.89 bits per heavy atom. The largest absolute Gasteiger partial charge is 0.416 e. The summed E-state index contributed by atoms with van der Waals surface area (Å²) in [6, 6.07) is 8.33. The number of benzene rings is 2. The number of nitrogen functional groups attached to an aromatic ring is 1. The normalized spacial score (nSPS) is 16.4. The fraction of sp³-hybridized carbons (Fsp3) is 0.240. The number of halogens is 4. The maximum atomic E-state index is 15.4. The van der Waals surface area contributed by atoms with E-state index in [-0.39, 0.29) is 24.5 Å². The number of nitrogens with zero attached hydrogens (tertiary/aromatic N) is 5. The second kappa shape index (κ2) is 8.51. The molecule has 1 aliphatic heterocycles. The molecule has 0 aliphatic carbocycles. The fourth-order valence-electron chi connectivity index (χ4n) is 4.75. The van der Waals surface area contributed by atoms with Crippen LogP contribution < -0.4 is 10.6 Å². The van der Waals surface area contributed by atoms with Gasteiger partial charge in [0.2, 0.25) is 0 Å². The van der Waals surface area contributed by atoms with Gasteiger partial charge >= 0.3 is 12.2 Å². The van der Waals surface area contributed by atoms with Gasteiger partial charge in [-0.05, 0) is 42.8 Å². The van der Waals surface area contributed by atoms with Crippen LogP contribution >= 0.6 is 0 Å². The van der Waals surface area contributed by atoms with Crippen LogP contribution in [0.1, 0.15) is 24.1 Å². The molecule has 0 saturated carbocycles. The maximum absolute atomic E-state index is 15.4. The molecule has 0 bridgehead atoms. The van der Waals surface area contributed by atoms with Gasteiger partial charge in [-0.15, -0.1) is 0 Å². The fourth-order valence-corrected chi connectivity index (χ4v) is 4.75. The molecule has 11 heteroatoms. The minimum atomic E-state index is -4.50. The molecule has 5 rings (SSSR count). The summed E-state index contributed by atoms with van der Waals surface area (Å²) in [5.74, 6) is -0.363. The van der Waals surface area contributed by atoms with Gasteiger partial charge in [-0.2, -0.15) is 13.2 Å². The molecule has 186 valence electrons. The topological polar surface area (TPSA) is 80.3 Å². The molecule has 0 spiro atoms. The minimum absolute atomic E-state index is 0.0851. The summed E-state index contributed by atoms with van der Waals surface area (Å²) in [6.45, 7) is 2.12. The van der Waals surface area contributed by atoms with Crippen LogP contribution in [0.3, 0.4) is 0 Å². The lowest BCUT2D eigenvalue weighted by Gasteiger charge is -2.22. The lowest BCUT2D eigenvalue weighted by Crippen LogP contribution is -2.32. The number of fused-ring (bicyclic) bond motifs is 1. The third kappa shape index (κ3) is 3.80. The summed E-state index contributed by atoms with van der Waals surface area (Å²) in [6.07, 6.45) is -1.46. The number of carbonyl (C=O) groups is 1. The van der Waals surface area contributed by atoms with Crippen LogP contribution in [0, 0.1) is 5.82 Å². The number of anilines is 2. The summed E-state index contributed by atoms with van der Waals surface area (Å²) in [5.41, 5.74) is 7.25. The van der Waals surface area contributed by atoms with Crippen LogP contribution in [-0.4, -0.2) is 38.6 Å². The molecule has 7 nitrogen and oxygen atoms in total. The third-order valence-electron chi connectivity index (χ3n) is 6.49. The van der Waals surface area contributed by atoms with Crippen LogP contribution in [0.25, 0.3) is 22.2 Å². The molecule has 1 fully saturated rings. The van der Waals surface area contributed by atoms with E-state index in [2.05, 4.69) is 9.97 Å². The molecule has 3 heterocycles. The van der Waals surface area contributed by atoms with Crippen molar-refractivity contribution in [2.45, 2.75) is 19.1 Å².